The minimum atomic E-state index is -0.267. The van der Waals surface area contributed by atoms with Gasteiger partial charge in [0.2, 0.25) is 5.91 Å². The highest BCUT2D eigenvalue weighted by Gasteiger charge is 2.12. The molecule has 0 aromatic heterocycles. The molecule has 1 rings (SSSR count). The number of nitrogens with one attached hydrogen (secondary N) is 2. The normalized spacial score (nSPS) is 16.9. The van der Waals surface area contributed by atoms with Crippen molar-refractivity contribution in [2.75, 3.05) is 45.9 Å². The van der Waals surface area contributed by atoms with E-state index in [0.29, 0.717) is 19.7 Å². The highest BCUT2D eigenvalue weighted by molar-refractivity contribution is 5.78. The lowest BCUT2D eigenvalue weighted by atomic mass is 10.3. The first kappa shape index (κ1) is 14.9. The maximum Gasteiger partial charge on any atom is 0.307 e. The van der Waals surface area contributed by atoms with Crippen LogP contribution in [0.2, 0.25) is 0 Å². The van der Waals surface area contributed by atoms with Crippen molar-refractivity contribution in [3.8, 4) is 0 Å². The number of rotatable bonds is 6. The lowest BCUT2D eigenvalue weighted by Crippen LogP contribution is -2.39. The van der Waals surface area contributed by atoms with Gasteiger partial charge in [-0.3, -0.25) is 14.5 Å². The average molecular weight is 257 g/mol. The van der Waals surface area contributed by atoms with Gasteiger partial charge in [-0.05, 0) is 26.4 Å². The van der Waals surface area contributed by atoms with Crippen molar-refractivity contribution in [1.82, 2.24) is 15.5 Å². The van der Waals surface area contributed by atoms with Crippen LogP contribution in [0.5, 0.6) is 0 Å². The largest absolute Gasteiger partial charge is 0.466 e. The van der Waals surface area contributed by atoms with Crippen molar-refractivity contribution < 1.29 is 14.3 Å². The maximum atomic E-state index is 11.6. The van der Waals surface area contributed by atoms with Gasteiger partial charge in [0.1, 0.15) is 0 Å². The Morgan fingerprint density at radius 3 is 2.94 bits per heavy atom. The predicted molar refractivity (Wildman–Crippen MR) is 68.2 cm³/mol. The van der Waals surface area contributed by atoms with Crippen molar-refractivity contribution in [2.45, 2.75) is 19.8 Å². The van der Waals surface area contributed by atoms with Gasteiger partial charge in [0.05, 0.1) is 19.6 Å². The number of hydrogen-bond acceptors (Lipinski definition) is 5. The number of hydrogen-bond donors (Lipinski definition) is 2. The summed E-state index contributed by atoms with van der Waals surface area (Å²) in [5, 5.41) is 6.03. The summed E-state index contributed by atoms with van der Waals surface area (Å²) in [5.74, 6) is -0.294. The monoisotopic (exact) mass is 257 g/mol. The number of esters is 1. The number of nitrogens with zero attached hydrogens (tertiary/aromatic N) is 1. The SMILES string of the molecule is CCOC(=O)CCNC(=O)CN1CCCNCC1. The molecule has 6 heteroatoms. The molecule has 104 valence electrons. The second kappa shape index (κ2) is 8.88. The molecular formula is C12H23N3O3. The molecule has 0 unspecified atom stereocenters. The van der Waals surface area contributed by atoms with Gasteiger partial charge in [-0.2, -0.15) is 0 Å². The molecule has 0 aromatic carbocycles. The van der Waals surface area contributed by atoms with Gasteiger partial charge in [-0.1, -0.05) is 0 Å². The quantitative estimate of drug-likeness (QED) is 0.619. The fourth-order valence-corrected chi connectivity index (χ4v) is 1.86. The molecule has 0 bridgehead atoms. The van der Waals surface area contributed by atoms with Gasteiger partial charge in [0.15, 0.2) is 0 Å². The fourth-order valence-electron chi connectivity index (χ4n) is 1.86. The summed E-state index contributed by atoms with van der Waals surface area (Å²) < 4.78 is 4.78. The van der Waals surface area contributed by atoms with E-state index in [2.05, 4.69) is 15.5 Å². The van der Waals surface area contributed by atoms with Gasteiger partial charge >= 0.3 is 5.97 Å². The van der Waals surface area contributed by atoms with Crippen molar-refractivity contribution in [1.29, 1.82) is 0 Å². The molecule has 0 aromatic rings. The molecule has 0 radical (unpaired) electrons. The van der Waals surface area contributed by atoms with E-state index < -0.39 is 0 Å². The Kier molecular flexibility index (Phi) is 7.36. The van der Waals surface area contributed by atoms with E-state index in [1.165, 1.54) is 0 Å². The first-order chi connectivity index (χ1) is 8.72. The van der Waals surface area contributed by atoms with Crippen LogP contribution in [0, 0.1) is 0 Å². The van der Waals surface area contributed by atoms with Gasteiger partial charge in [-0.25, -0.2) is 0 Å². The molecule has 1 amide bonds. The Morgan fingerprint density at radius 1 is 1.33 bits per heavy atom. The molecular weight excluding hydrogens is 234 g/mol. The molecule has 0 aliphatic carbocycles. The van der Waals surface area contributed by atoms with Crippen LogP contribution in [-0.2, 0) is 14.3 Å². The van der Waals surface area contributed by atoms with Crippen molar-refractivity contribution in [3.63, 3.8) is 0 Å². The van der Waals surface area contributed by atoms with Crippen LogP contribution in [0.4, 0.5) is 0 Å². The highest BCUT2D eigenvalue weighted by atomic mass is 16.5. The molecule has 1 aliphatic rings. The molecule has 1 saturated heterocycles. The standard InChI is InChI=1S/C12H23N3O3/c1-2-18-12(17)4-6-14-11(16)10-15-8-3-5-13-7-9-15/h13H,2-10H2,1H3,(H,14,16). The number of ether oxygens (including phenoxy) is 1. The third kappa shape index (κ3) is 6.56. The zero-order chi connectivity index (χ0) is 13.2. The van der Waals surface area contributed by atoms with Crippen LogP contribution in [0.15, 0.2) is 0 Å². The Bertz CT molecular complexity index is 263. The van der Waals surface area contributed by atoms with Gasteiger partial charge in [-0.15, -0.1) is 0 Å². The molecule has 6 nitrogen and oxygen atoms in total. The molecule has 0 atom stereocenters. The average Bonchev–Trinajstić information content (AvgIpc) is 2.58. The molecule has 1 fully saturated rings. The van der Waals surface area contributed by atoms with Crippen molar-refractivity contribution >= 4 is 11.9 Å². The summed E-state index contributed by atoms with van der Waals surface area (Å²) in [6, 6.07) is 0. The number of amides is 1. The van der Waals surface area contributed by atoms with Crippen LogP contribution in [0.3, 0.4) is 0 Å². The van der Waals surface area contributed by atoms with E-state index in [-0.39, 0.29) is 18.3 Å². The summed E-state index contributed by atoms with van der Waals surface area (Å²) in [4.78, 5) is 24.8. The molecule has 1 aliphatic heterocycles. The lowest BCUT2D eigenvalue weighted by molar-refractivity contribution is -0.143. The van der Waals surface area contributed by atoms with Gasteiger partial charge in [0.25, 0.3) is 0 Å². The topological polar surface area (TPSA) is 70.7 Å². The van der Waals surface area contributed by atoms with Gasteiger partial charge < -0.3 is 15.4 Å². The minimum Gasteiger partial charge on any atom is -0.466 e. The van der Waals surface area contributed by atoms with Crippen LogP contribution >= 0.6 is 0 Å². The molecule has 1 heterocycles. The smallest absolute Gasteiger partial charge is 0.307 e. The second-order valence-electron chi connectivity index (χ2n) is 4.28. The highest BCUT2D eigenvalue weighted by Crippen LogP contribution is 1.94. The summed E-state index contributed by atoms with van der Waals surface area (Å²) in [6.07, 6.45) is 1.30. The second-order valence-corrected chi connectivity index (χ2v) is 4.28. The van der Waals surface area contributed by atoms with Crippen LogP contribution in [0.1, 0.15) is 19.8 Å². The Balaban J connectivity index is 2.10. The van der Waals surface area contributed by atoms with E-state index in [1.54, 1.807) is 6.92 Å². The Labute approximate surface area is 108 Å². The lowest BCUT2D eigenvalue weighted by Gasteiger charge is -2.18. The molecule has 0 saturated carbocycles. The van der Waals surface area contributed by atoms with Crippen LogP contribution in [0.25, 0.3) is 0 Å². The summed E-state index contributed by atoms with van der Waals surface area (Å²) in [6.45, 7) is 6.69. The van der Waals surface area contributed by atoms with Crippen LogP contribution in [-0.4, -0.2) is 62.7 Å². The fraction of sp³-hybridized carbons (Fsp3) is 0.833. The Morgan fingerprint density at radius 2 is 2.17 bits per heavy atom. The zero-order valence-electron chi connectivity index (χ0n) is 11.0. The summed E-state index contributed by atoms with van der Waals surface area (Å²) in [5.41, 5.74) is 0. The zero-order valence-corrected chi connectivity index (χ0v) is 11.0. The Hall–Kier alpha value is -1.14. The number of carbonyl (C=O) groups excluding carboxylic acids is 2. The van der Waals surface area contributed by atoms with E-state index in [4.69, 9.17) is 4.74 Å². The van der Waals surface area contributed by atoms with Gasteiger partial charge in [0, 0.05) is 19.6 Å². The minimum absolute atomic E-state index is 0.0267. The van der Waals surface area contributed by atoms with Crippen LogP contribution < -0.4 is 10.6 Å². The first-order valence-corrected chi connectivity index (χ1v) is 6.57. The van der Waals surface area contributed by atoms with E-state index in [1.807, 2.05) is 0 Å². The van der Waals surface area contributed by atoms with E-state index in [0.717, 1.165) is 32.6 Å². The predicted octanol–water partition coefficient (Wildman–Crippen LogP) is -0.649. The molecule has 18 heavy (non-hydrogen) atoms. The molecule has 2 N–H and O–H groups in total. The first-order valence-electron chi connectivity index (χ1n) is 6.57. The third-order valence-corrected chi connectivity index (χ3v) is 2.76. The van der Waals surface area contributed by atoms with E-state index in [9.17, 15) is 9.59 Å². The molecule has 0 spiro atoms. The van der Waals surface area contributed by atoms with E-state index >= 15 is 0 Å². The number of carbonyl (C=O) groups is 2. The maximum absolute atomic E-state index is 11.6. The van der Waals surface area contributed by atoms with Crippen molar-refractivity contribution in [2.24, 2.45) is 0 Å². The summed E-state index contributed by atoms with van der Waals surface area (Å²) >= 11 is 0. The summed E-state index contributed by atoms with van der Waals surface area (Å²) in [7, 11) is 0. The van der Waals surface area contributed by atoms with Crippen molar-refractivity contribution in [3.05, 3.63) is 0 Å². The third-order valence-electron chi connectivity index (χ3n) is 2.76.